The van der Waals surface area contributed by atoms with E-state index in [9.17, 15) is 9.59 Å². The number of hydrogen-bond acceptors (Lipinski definition) is 3. The zero-order valence-corrected chi connectivity index (χ0v) is 9.01. The zero-order valence-electron chi connectivity index (χ0n) is 9.01. The molecule has 0 bridgehead atoms. The topological polar surface area (TPSA) is 43.4 Å². The van der Waals surface area contributed by atoms with Crippen molar-refractivity contribution in [2.75, 3.05) is 6.61 Å². The zero-order chi connectivity index (χ0) is 10.6. The average Bonchev–Trinajstić information content (AvgIpc) is 2.00. The second-order valence-electron chi connectivity index (χ2n) is 4.17. The molecule has 1 atom stereocenters. The van der Waals surface area contributed by atoms with Crippen LogP contribution in [0.4, 0.5) is 0 Å². The predicted octanol–water partition coefficient (Wildman–Crippen LogP) is 1.80. The first kappa shape index (κ1) is 12.1. The predicted molar refractivity (Wildman–Crippen MR) is 50.3 cm³/mol. The molecular formula is C10H18O3. The molecular weight excluding hydrogens is 168 g/mol. The Morgan fingerprint density at radius 3 is 2.08 bits per heavy atom. The van der Waals surface area contributed by atoms with Gasteiger partial charge in [-0.05, 0) is 12.3 Å². The van der Waals surface area contributed by atoms with Crippen LogP contribution in [0.2, 0.25) is 0 Å². The largest absolute Gasteiger partial charge is 0.460 e. The molecule has 0 amide bonds. The number of carbonyl (C=O) groups excluding carboxylic acids is 2. The van der Waals surface area contributed by atoms with Crippen molar-refractivity contribution in [3.63, 3.8) is 0 Å². The summed E-state index contributed by atoms with van der Waals surface area (Å²) in [5, 5.41) is 0. The lowest BCUT2D eigenvalue weighted by molar-refractivity contribution is -0.156. The fraction of sp³-hybridized carbons (Fsp3) is 0.800. The van der Waals surface area contributed by atoms with E-state index >= 15 is 0 Å². The van der Waals surface area contributed by atoms with Crippen LogP contribution in [-0.4, -0.2) is 18.4 Å². The van der Waals surface area contributed by atoms with Crippen LogP contribution in [0.5, 0.6) is 0 Å². The van der Waals surface area contributed by atoms with Crippen LogP contribution < -0.4 is 0 Å². The lowest BCUT2D eigenvalue weighted by Gasteiger charge is -2.24. The average molecular weight is 186 g/mol. The molecule has 1 unspecified atom stereocenters. The van der Waals surface area contributed by atoms with Gasteiger partial charge in [-0.25, -0.2) is 4.79 Å². The molecule has 76 valence electrons. The van der Waals surface area contributed by atoms with Gasteiger partial charge in [0.15, 0.2) is 0 Å². The first-order valence-electron chi connectivity index (χ1n) is 4.51. The van der Waals surface area contributed by atoms with Gasteiger partial charge >= 0.3 is 5.97 Å². The maximum absolute atomic E-state index is 11.4. The monoisotopic (exact) mass is 186 g/mol. The van der Waals surface area contributed by atoms with Crippen LogP contribution in [0.15, 0.2) is 0 Å². The van der Waals surface area contributed by atoms with Crippen molar-refractivity contribution in [3.05, 3.63) is 0 Å². The molecule has 0 saturated carbocycles. The summed E-state index contributed by atoms with van der Waals surface area (Å²) in [5.74, 6) is -1.45. The quantitative estimate of drug-likeness (QED) is 0.498. The van der Waals surface area contributed by atoms with Crippen molar-refractivity contribution < 1.29 is 14.3 Å². The molecule has 0 aromatic heterocycles. The number of rotatable bonds is 3. The standard InChI is InChI=1S/C10H18O3/c1-6-13-9(12)8(11)7(2)10(3,4)5/h7H,6H2,1-5H3. The van der Waals surface area contributed by atoms with Crippen molar-refractivity contribution in [1.29, 1.82) is 0 Å². The molecule has 0 aromatic carbocycles. The van der Waals surface area contributed by atoms with Gasteiger partial charge in [-0.1, -0.05) is 27.7 Å². The molecule has 0 heterocycles. The third-order valence-electron chi connectivity index (χ3n) is 2.17. The number of hydrogen-bond donors (Lipinski definition) is 0. The molecule has 3 heteroatoms. The fourth-order valence-electron chi connectivity index (χ4n) is 0.772. The van der Waals surface area contributed by atoms with Crippen LogP contribution in [0.1, 0.15) is 34.6 Å². The van der Waals surface area contributed by atoms with Gasteiger partial charge in [0.1, 0.15) is 0 Å². The molecule has 3 nitrogen and oxygen atoms in total. The Balaban J connectivity index is 4.35. The van der Waals surface area contributed by atoms with Crippen LogP contribution >= 0.6 is 0 Å². The lowest BCUT2D eigenvalue weighted by Crippen LogP contribution is -2.32. The molecule has 0 rings (SSSR count). The second kappa shape index (κ2) is 4.40. The maximum atomic E-state index is 11.4. The van der Waals surface area contributed by atoms with E-state index in [-0.39, 0.29) is 17.9 Å². The summed E-state index contributed by atoms with van der Waals surface area (Å²) in [6, 6.07) is 0. The van der Waals surface area contributed by atoms with Crippen LogP contribution in [0.25, 0.3) is 0 Å². The van der Waals surface area contributed by atoms with E-state index in [1.165, 1.54) is 0 Å². The van der Waals surface area contributed by atoms with E-state index in [1.54, 1.807) is 13.8 Å². The minimum atomic E-state index is -0.718. The molecule has 0 aliphatic rings. The maximum Gasteiger partial charge on any atom is 0.374 e. The summed E-state index contributed by atoms with van der Waals surface area (Å²) in [6.07, 6.45) is 0. The minimum Gasteiger partial charge on any atom is -0.460 e. The van der Waals surface area contributed by atoms with Crippen molar-refractivity contribution in [2.45, 2.75) is 34.6 Å². The molecule has 13 heavy (non-hydrogen) atoms. The van der Waals surface area contributed by atoms with Crippen molar-refractivity contribution in [3.8, 4) is 0 Å². The molecule has 0 saturated heterocycles. The van der Waals surface area contributed by atoms with Gasteiger partial charge < -0.3 is 4.74 Å². The van der Waals surface area contributed by atoms with Gasteiger partial charge in [-0.3, -0.25) is 4.79 Å². The number of esters is 1. The first-order chi connectivity index (χ1) is 5.80. The van der Waals surface area contributed by atoms with E-state index < -0.39 is 11.8 Å². The second-order valence-corrected chi connectivity index (χ2v) is 4.17. The van der Waals surface area contributed by atoms with E-state index in [1.807, 2.05) is 20.8 Å². The molecule has 0 fully saturated rings. The SMILES string of the molecule is CCOC(=O)C(=O)C(C)C(C)(C)C. The van der Waals surface area contributed by atoms with Crippen molar-refractivity contribution >= 4 is 11.8 Å². The number of ether oxygens (including phenoxy) is 1. The highest BCUT2D eigenvalue weighted by Crippen LogP contribution is 2.26. The Hall–Kier alpha value is -0.860. The molecule has 0 aliphatic carbocycles. The first-order valence-corrected chi connectivity index (χ1v) is 4.51. The Labute approximate surface area is 79.5 Å². The van der Waals surface area contributed by atoms with Crippen LogP contribution in [-0.2, 0) is 14.3 Å². The molecule has 0 aliphatic heterocycles. The number of ketones is 1. The highest BCUT2D eigenvalue weighted by molar-refractivity contribution is 6.34. The minimum absolute atomic E-state index is 0.191. The summed E-state index contributed by atoms with van der Waals surface area (Å²) in [5.41, 5.74) is -0.191. The normalized spacial score (nSPS) is 13.6. The van der Waals surface area contributed by atoms with E-state index in [2.05, 4.69) is 4.74 Å². The summed E-state index contributed by atoms with van der Waals surface area (Å²) in [7, 11) is 0. The number of carbonyl (C=O) groups is 2. The van der Waals surface area contributed by atoms with E-state index in [0.717, 1.165) is 0 Å². The summed E-state index contributed by atoms with van der Waals surface area (Å²) < 4.78 is 4.63. The smallest absolute Gasteiger partial charge is 0.374 e. The van der Waals surface area contributed by atoms with E-state index in [4.69, 9.17) is 0 Å². The fourth-order valence-corrected chi connectivity index (χ4v) is 0.772. The molecule has 0 aromatic rings. The Bertz CT molecular complexity index is 201. The van der Waals surface area contributed by atoms with Gasteiger partial charge in [0.25, 0.3) is 0 Å². The third kappa shape index (κ3) is 3.57. The molecule has 0 N–H and O–H groups in total. The van der Waals surface area contributed by atoms with Gasteiger partial charge in [0.2, 0.25) is 5.78 Å². The lowest BCUT2D eigenvalue weighted by atomic mass is 9.79. The van der Waals surface area contributed by atoms with E-state index in [0.29, 0.717) is 0 Å². The summed E-state index contributed by atoms with van der Waals surface area (Å²) in [4.78, 5) is 22.5. The highest BCUT2D eigenvalue weighted by Gasteiger charge is 2.31. The van der Waals surface area contributed by atoms with Gasteiger partial charge in [0.05, 0.1) is 6.61 Å². The molecule has 0 radical (unpaired) electrons. The van der Waals surface area contributed by atoms with Gasteiger partial charge in [-0.2, -0.15) is 0 Å². The Kier molecular flexibility index (Phi) is 4.11. The molecule has 0 spiro atoms. The van der Waals surface area contributed by atoms with Crippen molar-refractivity contribution in [1.82, 2.24) is 0 Å². The Morgan fingerprint density at radius 1 is 1.31 bits per heavy atom. The summed E-state index contributed by atoms with van der Waals surface area (Å²) in [6.45, 7) is 9.46. The van der Waals surface area contributed by atoms with Gasteiger partial charge in [0, 0.05) is 5.92 Å². The Morgan fingerprint density at radius 2 is 1.77 bits per heavy atom. The van der Waals surface area contributed by atoms with Crippen LogP contribution in [0, 0.1) is 11.3 Å². The third-order valence-corrected chi connectivity index (χ3v) is 2.17. The van der Waals surface area contributed by atoms with Gasteiger partial charge in [-0.15, -0.1) is 0 Å². The van der Waals surface area contributed by atoms with Crippen LogP contribution in [0.3, 0.4) is 0 Å². The summed E-state index contributed by atoms with van der Waals surface area (Å²) >= 11 is 0. The highest BCUT2D eigenvalue weighted by atomic mass is 16.5. The van der Waals surface area contributed by atoms with Crippen molar-refractivity contribution in [2.24, 2.45) is 11.3 Å². The number of Topliss-reactive ketones (excluding diaryl/α,β-unsaturated/α-hetero) is 1.